The second kappa shape index (κ2) is 7.02. The van der Waals surface area contributed by atoms with Crippen molar-refractivity contribution in [3.8, 4) is 0 Å². The largest absolute Gasteiger partial charge is 0.354 e. The molecule has 0 saturated carbocycles. The molecule has 0 saturated heterocycles. The van der Waals surface area contributed by atoms with Crippen LogP contribution in [0.4, 0.5) is 0 Å². The van der Waals surface area contributed by atoms with Gasteiger partial charge in [-0.2, -0.15) is 5.10 Å². The number of nitrogens with one attached hydrogen (secondary N) is 1. The third-order valence-electron chi connectivity index (χ3n) is 3.74. The first-order valence-corrected chi connectivity index (χ1v) is 7.26. The highest BCUT2D eigenvalue weighted by molar-refractivity contribution is 5.79. The number of benzene rings is 1. The Morgan fingerprint density at radius 1 is 1.24 bits per heavy atom. The molecule has 0 aliphatic heterocycles. The van der Waals surface area contributed by atoms with Crippen molar-refractivity contribution in [1.82, 2.24) is 20.1 Å². The van der Waals surface area contributed by atoms with Crippen molar-refractivity contribution < 1.29 is 4.79 Å². The third kappa shape index (κ3) is 3.90. The predicted octanol–water partition coefficient (Wildman–Crippen LogP) is 2.40. The maximum absolute atomic E-state index is 12.2. The van der Waals surface area contributed by atoms with Gasteiger partial charge in [0.05, 0.1) is 0 Å². The molecule has 0 aliphatic carbocycles. The quantitative estimate of drug-likeness (QED) is 0.887. The van der Waals surface area contributed by atoms with Gasteiger partial charge in [-0.1, -0.05) is 44.2 Å². The molecule has 2 rings (SSSR count). The summed E-state index contributed by atoms with van der Waals surface area (Å²) in [6.07, 6.45) is 2.99. The number of rotatable bonds is 6. The van der Waals surface area contributed by atoms with Crippen LogP contribution in [0.1, 0.15) is 38.3 Å². The normalized spacial score (nSPS) is 13.9. The van der Waals surface area contributed by atoms with Crippen LogP contribution in [0, 0.1) is 5.92 Å². The summed E-state index contributed by atoms with van der Waals surface area (Å²) in [5, 5.41) is 7.03. The Kier molecular flexibility index (Phi) is 5.09. The molecular weight excluding hydrogens is 264 g/mol. The second-order valence-corrected chi connectivity index (χ2v) is 5.56. The molecule has 1 aromatic heterocycles. The highest BCUT2D eigenvalue weighted by Crippen LogP contribution is 2.23. The van der Waals surface area contributed by atoms with E-state index in [1.54, 1.807) is 11.0 Å². The summed E-state index contributed by atoms with van der Waals surface area (Å²) < 4.78 is 1.56. The minimum Gasteiger partial charge on any atom is -0.354 e. The van der Waals surface area contributed by atoms with Gasteiger partial charge < -0.3 is 5.32 Å². The van der Waals surface area contributed by atoms with Crippen LogP contribution < -0.4 is 5.32 Å². The summed E-state index contributed by atoms with van der Waals surface area (Å²) in [6, 6.07) is 9.94. The van der Waals surface area contributed by atoms with Crippen molar-refractivity contribution in [2.24, 2.45) is 5.92 Å². The van der Waals surface area contributed by atoms with E-state index in [1.807, 2.05) is 25.1 Å². The third-order valence-corrected chi connectivity index (χ3v) is 3.74. The van der Waals surface area contributed by atoms with E-state index in [0.717, 1.165) is 0 Å². The monoisotopic (exact) mass is 286 g/mol. The Hall–Kier alpha value is -2.17. The molecular formula is C16H22N4O. The van der Waals surface area contributed by atoms with Crippen LogP contribution in [0.5, 0.6) is 0 Å². The van der Waals surface area contributed by atoms with Crippen LogP contribution in [0.25, 0.3) is 0 Å². The van der Waals surface area contributed by atoms with E-state index in [0.29, 0.717) is 18.4 Å². The Labute approximate surface area is 125 Å². The zero-order valence-corrected chi connectivity index (χ0v) is 12.7. The first-order chi connectivity index (χ1) is 10.1. The van der Waals surface area contributed by atoms with Crippen LogP contribution in [0.3, 0.4) is 0 Å². The molecule has 0 fully saturated rings. The van der Waals surface area contributed by atoms with Gasteiger partial charge in [-0.15, -0.1) is 0 Å². The lowest BCUT2D eigenvalue weighted by Crippen LogP contribution is -2.35. The van der Waals surface area contributed by atoms with E-state index >= 15 is 0 Å². The first kappa shape index (κ1) is 15.2. The number of carbonyl (C=O) groups excluding carboxylic acids is 1. The van der Waals surface area contributed by atoms with Crippen molar-refractivity contribution in [3.05, 3.63) is 48.5 Å². The van der Waals surface area contributed by atoms with E-state index in [4.69, 9.17) is 0 Å². The van der Waals surface area contributed by atoms with Gasteiger partial charge in [-0.3, -0.25) is 4.79 Å². The second-order valence-electron chi connectivity index (χ2n) is 5.56. The fourth-order valence-electron chi connectivity index (χ4n) is 2.33. The van der Waals surface area contributed by atoms with Crippen LogP contribution in [-0.4, -0.2) is 27.2 Å². The lowest BCUT2D eigenvalue weighted by Gasteiger charge is -2.23. The molecule has 2 aromatic rings. The molecule has 5 heteroatoms. The zero-order chi connectivity index (χ0) is 15.2. The molecule has 0 radical (unpaired) electrons. The highest BCUT2D eigenvalue weighted by atomic mass is 16.2. The van der Waals surface area contributed by atoms with E-state index < -0.39 is 0 Å². The molecule has 0 spiro atoms. The van der Waals surface area contributed by atoms with Crippen molar-refractivity contribution >= 4 is 5.91 Å². The van der Waals surface area contributed by atoms with Crippen molar-refractivity contribution in [3.63, 3.8) is 0 Å². The molecule has 1 N–H and O–H groups in total. The van der Waals surface area contributed by atoms with E-state index in [2.05, 4.69) is 41.4 Å². The minimum atomic E-state index is -0.351. The number of hydrogen-bond acceptors (Lipinski definition) is 3. The van der Waals surface area contributed by atoms with Crippen molar-refractivity contribution in [2.45, 2.75) is 32.7 Å². The smallest absolute Gasteiger partial charge is 0.244 e. The average molecular weight is 286 g/mol. The van der Waals surface area contributed by atoms with Gasteiger partial charge in [0.25, 0.3) is 0 Å². The fraction of sp³-hybridized carbons (Fsp3) is 0.438. The van der Waals surface area contributed by atoms with Gasteiger partial charge in [0, 0.05) is 12.5 Å². The van der Waals surface area contributed by atoms with Gasteiger partial charge >= 0.3 is 0 Å². The molecule has 1 amide bonds. The van der Waals surface area contributed by atoms with E-state index in [1.165, 1.54) is 11.9 Å². The molecule has 0 unspecified atom stereocenters. The van der Waals surface area contributed by atoms with Crippen molar-refractivity contribution in [1.29, 1.82) is 0 Å². The summed E-state index contributed by atoms with van der Waals surface area (Å²) in [5.41, 5.74) is 1.25. The topological polar surface area (TPSA) is 59.8 Å². The molecule has 5 nitrogen and oxygen atoms in total. The Bertz CT molecular complexity index is 551. The summed E-state index contributed by atoms with van der Waals surface area (Å²) in [4.78, 5) is 16.1. The van der Waals surface area contributed by atoms with Crippen molar-refractivity contribution in [2.75, 3.05) is 6.54 Å². The van der Waals surface area contributed by atoms with Gasteiger partial charge in [0.15, 0.2) is 0 Å². The number of hydrogen-bond donors (Lipinski definition) is 1. The predicted molar refractivity (Wildman–Crippen MR) is 81.8 cm³/mol. The maximum Gasteiger partial charge on any atom is 0.244 e. The van der Waals surface area contributed by atoms with Gasteiger partial charge in [0.2, 0.25) is 5.91 Å². The lowest BCUT2D eigenvalue weighted by atomic mass is 9.88. The SMILES string of the molecule is CC(C)[C@@H](CNC(=O)[C@H](C)n1cncn1)c1ccccc1. The van der Waals surface area contributed by atoms with E-state index in [9.17, 15) is 4.79 Å². The number of carbonyl (C=O) groups is 1. The lowest BCUT2D eigenvalue weighted by molar-refractivity contribution is -0.124. The highest BCUT2D eigenvalue weighted by Gasteiger charge is 2.20. The number of nitrogens with zero attached hydrogens (tertiary/aromatic N) is 3. The number of aromatic nitrogens is 3. The zero-order valence-electron chi connectivity index (χ0n) is 12.7. The molecule has 1 aromatic carbocycles. The Balaban J connectivity index is 1.98. The van der Waals surface area contributed by atoms with Crippen LogP contribution in [0.15, 0.2) is 43.0 Å². The molecule has 1 heterocycles. The maximum atomic E-state index is 12.2. The minimum absolute atomic E-state index is 0.0397. The molecule has 2 atom stereocenters. The molecule has 0 aliphatic rings. The summed E-state index contributed by atoms with van der Waals surface area (Å²) >= 11 is 0. The van der Waals surface area contributed by atoms with Crippen LogP contribution >= 0.6 is 0 Å². The molecule has 0 bridgehead atoms. The Morgan fingerprint density at radius 2 is 1.95 bits per heavy atom. The van der Waals surface area contributed by atoms with Gasteiger partial charge in [0.1, 0.15) is 18.7 Å². The molecule has 112 valence electrons. The summed E-state index contributed by atoms with van der Waals surface area (Å²) in [5.74, 6) is 0.717. The van der Waals surface area contributed by atoms with Crippen LogP contribution in [0.2, 0.25) is 0 Å². The summed E-state index contributed by atoms with van der Waals surface area (Å²) in [6.45, 7) is 6.78. The van der Waals surface area contributed by atoms with Gasteiger partial charge in [-0.25, -0.2) is 9.67 Å². The fourth-order valence-corrected chi connectivity index (χ4v) is 2.33. The Morgan fingerprint density at radius 3 is 2.52 bits per heavy atom. The average Bonchev–Trinajstić information content (AvgIpc) is 3.01. The van der Waals surface area contributed by atoms with Crippen LogP contribution in [-0.2, 0) is 4.79 Å². The first-order valence-electron chi connectivity index (χ1n) is 7.26. The molecule has 21 heavy (non-hydrogen) atoms. The van der Waals surface area contributed by atoms with Gasteiger partial charge in [-0.05, 0) is 18.4 Å². The number of amides is 1. The van der Waals surface area contributed by atoms with E-state index in [-0.39, 0.29) is 11.9 Å². The summed E-state index contributed by atoms with van der Waals surface area (Å²) in [7, 11) is 0. The standard InChI is InChI=1S/C16H22N4O/c1-12(2)15(14-7-5-4-6-8-14)9-18-16(21)13(3)20-11-17-10-19-20/h4-8,10-13,15H,9H2,1-3H3,(H,18,21)/t13-,15+/m0/s1.